The Kier molecular flexibility index (Phi) is 8.05. The van der Waals surface area contributed by atoms with Crippen LogP contribution in [0.5, 0.6) is 5.75 Å². The molecule has 0 aliphatic carbocycles. The third kappa shape index (κ3) is 6.11. The Morgan fingerprint density at radius 1 is 1.17 bits per heavy atom. The molecule has 2 aromatic rings. The topological polar surface area (TPSA) is 125 Å². The second-order valence-corrected chi connectivity index (χ2v) is 7.08. The van der Waals surface area contributed by atoms with Crippen LogP contribution in [0.2, 0.25) is 0 Å². The van der Waals surface area contributed by atoms with Crippen LogP contribution in [-0.4, -0.2) is 35.8 Å². The van der Waals surface area contributed by atoms with E-state index in [0.29, 0.717) is 15.8 Å². The van der Waals surface area contributed by atoms with Crippen molar-refractivity contribution in [3.63, 3.8) is 0 Å². The van der Waals surface area contributed by atoms with Crippen LogP contribution in [0.3, 0.4) is 0 Å². The quantitative estimate of drug-likeness (QED) is 0.250. The molecule has 0 bridgehead atoms. The SMILES string of the molecule is COc1ccc(Br)cc1C(=O)CCC(=O)OC(C)C(=O)Nc1ccccc1[N+](=O)[O-]. The maximum Gasteiger partial charge on any atom is 0.307 e. The Labute approximate surface area is 180 Å². The number of nitrogens with one attached hydrogen (secondary N) is 1. The van der Waals surface area contributed by atoms with E-state index in [1.807, 2.05) is 0 Å². The number of halogens is 1. The van der Waals surface area contributed by atoms with Gasteiger partial charge in [-0.15, -0.1) is 0 Å². The third-order valence-corrected chi connectivity index (χ3v) is 4.55. The number of hydrogen-bond acceptors (Lipinski definition) is 7. The smallest absolute Gasteiger partial charge is 0.307 e. The Morgan fingerprint density at radius 3 is 2.53 bits per heavy atom. The van der Waals surface area contributed by atoms with E-state index in [-0.39, 0.29) is 30.0 Å². The van der Waals surface area contributed by atoms with Crippen LogP contribution in [0.1, 0.15) is 30.1 Å². The molecular weight excluding hydrogens is 460 g/mol. The zero-order valence-corrected chi connectivity index (χ0v) is 17.8. The van der Waals surface area contributed by atoms with Crippen LogP contribution in [0.4, 0.5) is 11.4 Å². The van der Waals surface area contributed by atoms with Crippen molar-refractivity contribution in [1.29, 1.82) is 0 Å². The predicted molar refractivity (Wildman–Crippen MR) is 112 cm³/mol. The molecule has 0 radical (unpaired) electrons. The lowest BCUT2D eigenvalue weighted by atomic mass is 10.1. The number of ketones is 1. The fourth-order valence-electron chi connectivity index (χ4n) is 2.53. The van der Waals surface area contributed by atoms with E-state index in [2.05, 4.69) is 21.2 Å². The molecule has 0 aliphatic heterocycles. The number of ether oxygens (including phenoxy) is 2. The van der Waals surface area contributed by atoms with Crippen LogP contribution in [-0.2, 0) is 14.3 Å². The number of para-hydroxylation sites is 2. The van der Waals surface area contributed by atoms with Gasteiger partial charge in [0, 0.05) is 17.0 Å². The van der Waals surface area contributed by atoms with E-state index in [1.165, 1.54) is 38.3 Å². The lowest BCUT2D eigenvalue weighted by Crippen LogP contribution is -2.30. The van der Waals surface area contributed by atoms with Crippen molar-refractivity contribution in [2.45, 2.75) is 25.9 Å². The number of carbonyl (C=O) groups is 3. The average Bonchev–Trinajstić information content (AvgIpc) is 2.72. The van der Waals surface area contributed by atoms with Gasteiger partial charge in [-0.3, -0.25) is 24.5 Å². The highest BCUT2D eigenvalue weighted by molar-refractivity contribution is 9.10. The number of rotatable bonds is 9. The summed E-state index contributed by atoms with van der Waals surface area (Å²) >= 11 is 3.28. The maximum absolute atomic E-state index is 12.4. The Balaban J connectivity index is 1.92. The molecule has 2 aromatic carbocycles. The van der Waals surface area contributed by atoms with Gasteiger partial charge in [0.05, 0.1) is 24.0 Å². The molecule has 0 saturated heterocycles. The monoisotopic (exact) mass is 478 g/mol. The van der Waals surface area contributed by atoms with Gasteiger partial charge in [0.1, 0.15) is 11.4 Å². The number of nitro groups is 1. The Morgan fingerprint density at radius 2 is 1.87 bits per heavy atom. The molecule has 1 amide bonds. The van der Waals surface area contributed by atoms with Crippen molar-refractivity contribution in [2.24, 2.45) is 0 Å². The first-order valence-electron chi connectivity index (χ1n) is 8.83. The van der Waals surface area contributed by atoms with Crippen molar-refractivity contribution in [3.8, 4) is 5.75 Å². The fourth-order valence-corrected chi connectivity index (χ4v) is 2.89. The van der Waals surface area contributed by atoms with Gasteiger partial charge in [0.15, 0.2) is 11.9 Å². The number of benzene rings is 2. The first-order chi connectivity index (χ1) is 14.2. The number of methoxy groups -OCH3 is 1. The molecule has 1 N–H and O–H groups in total. The fraction of sp³-hybridized carbons (Fsp3) is 0.250. The summed E-state index contributed by atoms with van der Waals surface area (Å²) in [5.41, 5.74) is 0.0344. The van der Waals surface area contributed by atoms with Gasteiger partial charge in [-0.25, -0.2) is 0 Å². The molecule has 9 nitrogen and oxygen atoms in total. The summed E-state index contributed by atoms with van der Waals surface area (Å²) in [6.45, 7) is 1.33. The first kappa shape index (κ1) is 23.0. The van der Waals surface area contributed by atoms with Crippen LogP contribution < -0.4 is 10.1 Å². The number of amides is 1. The van der Waals surface area contributed by atoms with E-state index in [4.69, 9.17) is 9.47 Å². The second-order valence-electron chi connectivity index (χ2n) is 6.16. The van der Waals surface area contributed by atoms with Crippen molar-refractivity contribution in [2.75, 3.05) is 12.4 Å². The van der Waals surface area contributed by atoms with Gasteiger partial charge in [-0.1, -0.05) is 28.1 Å². The first-order valence-corrected chi connectivity index (χ1v) is 9.62. The van der Waals surface area contributed by atoms with E-state index < -0.39 is 22.9 Å². The number of nitro benzene ring substituents is 1. The maximum atomic E-state index is 12.4. The average molecular weight is 479 g/mol. The molecule has 30 heavy (non-hydrogen) atoms. The van der Waals surface area contributed by atoms with Gasteiger partial charge in [-0.05, 0) is 31.2 Å². The molecule has 0 spiro atoms. The molecule has 0 aromatic heterocycles. The molecule has 0 fully saturated rings. The molecule has 1 unspecified atom stereocenters. The molecule has 0 saturated carbocycles. The summed E-state index contributed by atoms with van der Waals surface area (Å²) in [6.07, 6.45) is -1.57. The number of anilines is 1. The van der Waals surface area contributed by atoms with Crippen LogP contribution in [0.25, 0.3) is 0 Å². The number of Topliss-reactive ketones (excluding diaryl/α,β-unsaturated/α-hetero) is 1. The van der Waals surface area contributed by atoms with Crippen LogP contribution in [0, 0.1) is 10.1 Å². The lowest BCUT2D eigenvalue weighted by molar-refractivity contribution is -0.383. The van der Waals surface area contributed by atoms with E-state index >= 15 is 0 Å². The summed E-state index contributed by atoms with van der Waals surface area (Å²) in [7, 11) is 1.44. The van der Waals surface area contributed by atoms with Gasteiger partial charge < -0.3 is 14.8 Å². The number of hydrogen-bond donors (Lipinski definition) is 1. The minimum absolute atomic E-state index is 0.00711. The molecule has 10 heteroatoms. The van der Waals surface area contributed by atoms with Crippen molar-refractivity contribution in [1.82, 2.24) is 0 Å². The molecule has 2 rings (SSSR count). The highest BCUT2D eigenvalue weighted by atomic mass is 79.9. The number of esters is 1. The van der Waals surface area contributed by atoms with E-state index in [0.717, 1.165) is 0 Å². The standard InChI is InChI=1S/C20H19BrN2O7/c1-12(20(26)22-15-5-3-4-6-16(15)23(27)28)30-19(25)10-8-17(24)14-11-13(21)7-9-18(14)29-2/h3-7,9,11-12H,8,10H2,1-2H3,(H,22,26). The van der Waals surface area contributed by atoms with Gasteiger partial charge in [0.2, 0.25) is 0 Å². The molecule has 0 heterocycles. The third-order valence-electron chi connectivity index (χ3n) is 4.05. The number of carbonyl (C=O) groups excluding carboxylic acids is 3. The van der Waals surface area contributed by atoms with Crippen molar-refractivity contribution in [3.05, 3.63) is 62.6 Å². The molecule has 158 valence electrons. The van der Waals surface area contributed by atoms with Gasteiger partial charge in [0.25, 0.3) is 11.6 Å². The molecular formula is C20H19BrN2O7. The summed E-state index contributed by atoms with van der Waals surface area (Å²) in [5.74, 6) is -1.41. The highest BCUT2D eigenvalue weighted by Gasteiger charge is 2.22. The van der Waals surface area contributed by atoms with E-state index in [1.54, 1.807) is 18.2 Å². The molecule has 0 aliphatic rings. The van der Waals surface area contributed by atoms with Crippen LogP contribution in [0.15, 0.2) is 46.9 Å². The molecule has 1 atom stereocenters. The summed E-state index contributed by atoms with van der Waals surface area (Å²) in [5, 5.41) is 13.4. The number of nitrogens with zero attached hydrogens (tertiary/aromatic N) is 1. The zero-order chi connectivity index (χ0) is 22.3. The van der Waals surface area contributed by atoms with E-state index in [9.17, 15) is 24.5 Å². The summed E-state index contributed by atoms with van der Waals surface area (Å²) in [6, 6.07) is 10.6. The van der Waals surface area contributed by atoms with Crippen LogP contribution >= 0.6 is 15.9 Å². The summed E-state index contributed by atoms with van der Waals surface area (Å²) in [4.78, 5) is 47.0. The minimum atomic E-state index is -1.20. The normalized spacial score (nSPS) is 11.3. The van der Waals surface area contributed by atoms with Gasteiger partial charge >= 0.3 is 5.97 Å². The zero-order valence-electron chi connectivity index (χ0n) is 16.2. The van der Waals surface area contributed by atoms with Crippen molar-refractivity contribution < 1.29 is 28.8 Å². The Hall–Kier alpha value is -3.27. The van der Waals surface area contributed by atoms with Crippen molar-refractivity contribution >= 4 is 45.0 Å². The lowest BCUT2D eigenvalue weighted by Gasteiger charge is -2.14. The largest absolute Gasteiger partial charge is 0.496 e. The van der Waals surface area contributed by atoms with Gasteiger partial charge in [-0.2, -0.15) is 0 Å². The summed E-state index contributed by atoms with van der Waals surface area (Å²) < 4.78 is 10.9. The second kappa shape index (κ2) is 10.5. The minimum Gasteiger partial charge on any atom is -0.496 e. The Bertz CT molecular complexity index is 977. The predicted octanol–water partition coefficient (Wildman–Crippen LogP) is 3.90. The highest BCUT2D eigenvalue weighted by Crippen LogP contribution is 2.25.